The molecule has 0 aliphatic rings. The molecule has 0 radical (unpaired) electrons. The van der Waals surface area contributed by atoms with Crippen molar-refractivity contribution in [2.75, 3.05) is 13.2 Å². The second kappa shape index (κ2) is 6.40. The molecule has 4 nitrogen and oxygen atoms in total. The first-order chi connectivity index (χ1) is 8.42. The van der Waals surface area contributed by atoms with Crippen molar-refractivity contribution >= 4 is 5.97 Å². The van der Waals surface area contributed by atoms with Gasteiger partial charge in [0.05, 0.1) is 12.2 Å². The summed E-state index contributed by atoms with van der Waals surface area (Å²) in [6.45, 7) is 6.06. The lowest BCUT2D eigenvalue weighted by Gasteiger charge is -2.19. The Morgan fingerprint density at radius 3 is 2.33 bits per heavy atom. The summed E-state index contributed by atoms with van der Waals surface area (Å²) in [6, 6.07) is 6.78. The van der Waals surface area contributed by atoms with E-state index in [-0.39, 0.29) is 12.6 Å². The molecule has 0 atom stereocenters. The highest BCUT2D eigenvalue weighted by Gasteiger charge is 2.17. The monoisotopic (exact) mass is 252 g/mol. The van der Waals surface area contributed by atoms with E-state index in [1.54, 1.807) is 24.3 Å². The van der Waals surface area contributed by atoms with Crippen LogP contribution < -0.4 is 4.74 Å². The molecule has 0 fully saturated rings. The molecule has 18 heavy (non-hydrogen) atoms. The van der Waals surface area contributed by atoms with Gasteiger partial charge in [0.25, 0.3) is 0 Å². The molecule has 100 valence electrons. The average molecular weight is 252 g/mol. The van der Waals surface area contributed by atoms with Crippen LogP contribution in [-0.2, 0) is 4.74 Å². The van der Waals surface area contributed by atoms with Crippen LogP contribution in [0.2, 0.25) is 0 Å². The van der Waals surface area contributed by atoms with Crippen LogP contribution in [0.1, 0.15) is 37.6 Å². The lowest BCUT2D eigenvalue weighted by molar-refractivity contribution is 0.00695. The molecule has 1 aromatic carbocycles. The van der Waals surface area contributed by atoms with Crippen molar-refractivity contribution in [3.05, 3.63) is 29.8 Å². The Morgan fingerprint density at radius 2 is 1.83 bits per heavy atom. The van der Waals surface area contributed by atoms with E-state index in [9.17, 15) is 4.79 Å². The molecule has 1 N–H and O–H groups in total. The van der Waals surface area contributed by atoms with Gasteiger partial charge in [0, 0.05) is 13.0 Å². The third-order valence-corrected chi connectivity index (χ3v) is 2.06. The minimum atomic E-state index is -0.493. The van der Waals surface area contributed by atoms with Crippen LogP contribution in [0.4, 0.5) is 0 Å². The van der Waals surface area contributed by atoms with Gasteiger partial charge in [-0.25, -0.2) is 4.79 Å². The third kappa shape index (κ3) is 5.19. The van der Waals surface area contributed by atoms with E-state index in [4.69, 9.17) is 14.6 Å². The molecule has 0 saturated heterocycles. The van der Waals surface area contributed by atoms with Crippen LogP contribution in [0.5, 0.6) is 5.75 Å². The minimum Gasteiger partial charge on any atom is -0.494 e. The van der Waals surface area contributed by atoms with Gasteiger partial charge in [-0.15, -0.1) is 0 Å². The average Bonchev–Trinajstić information content (AvgIpc) is 2.28. The Bertz CT molecular complexity index is 376. The van der Waals surface area contributed by atoms with Crippen LogP contribution in [0.15, 0.2) is 24.3 Å². The fourth-order valence-corrected chi connectivity index (χ4v) is 1.28. The van der Waals surface area contributed by atoms with Crippen molar-refractivity contribution in [2.45, 2.75) is 32.8 Å². The maximum Gasteiger partial charge on any atom is 0.338 e. The molecule has 1 rings (SSSR count). The van der Waals surface area contributed by atoms with Crippen molar-refractivity contribution < 1.29 is 19.4 Å². The number of ether oxygens (including phenoxy) is 2. The molecule has 4 heteroatoms. The highest BCUT2D eigenvalue weighted by atomic mass is 16.6. The predicted molar refractivity (Wildman–Crippen MR) is 68.8 cm³/mol. The summed E-state index contributed by atoms with van der Waals surface area (Å²) < 4.78 is 10.6. The van der Waals surface area contributed by atoms with Crippen LogP contribution in [-0.4, -0.2) is 29.9 Å². The summed E-state index contributed by atoms with van der Waals surface area (Å²) in [5, 5.41) is 8.63. The van der Waals surface area contributed by atoms with E-state index in [1.165, 1.54) is 0 Å². The molecule has 0 bridgehead atoms. The Morgan fingerprint density at radius 1 is 1.22 bits per heavy atom. The number of hydrogen-bond acceptors (Lipinski definition) is 4. The molecular formula is C14H20O4. The molecule has 0 saturated carbocycles. The number of esters is 1. The number of aliphatic hydroxyl groups is 1. The first-order valence-electron chi connectivity index (χ1n) is 5.99. The van der Waals surface area contributed by atoms with Crippen molar-refractivity contribution in [1.82, 2.24) is 0 Å². The SMILES string of the molecule is CC(C)(C)OC(=O)c1ccc(OCCCO)cc1. The van der Waals surface area contributed by atoms with Crippen molar-refractivity contribution in [1.29, 1.82) is 0 Å². The van der Waals surface area contributed by atoms with Gasteiger partial charge in [-0.1, -0.05) is 0 Å². The van der Waals surface area contributed by atoms with E-state index >= 15 is 0 Å². The minimum absolute atomic E-state index is 0.107. The fourth-order valence-electron chi connectivity index (χ4n) is 1.28. The molecular weight excluding hydrogens is 232 g/mol. The third-order valence-electron chi connectivity index (χ3n) is 2.06. The number of hydrogen-bond donors (Lipinski definition) is 1. The summed E-state index contributed by atoms with van der Waals surface area (Å²) in [6.07, 6.45) is 0.591. The number of aliphatic hydroxyl groups excluding tert-OH is 1. The van der Waals surface area contributed by atoms with E-state index < -0.39 is 5.60 Å². The highest BCUT2D eigenvalue weighted by molar-refractivity contribution is 5.89. The van der Waals surface area contributed by atoms with Crippen LogP contribution in [0.25, 0.3) is 0 Å². The van der Waals surface area contributed by atoms with Crippen molar-refractivity contribution in [3.8, 4) is 5.75 Å². The molecule has 0 unspecified atom stereocenters. The van der Waals surface area contributed by atoms with Crippen LogP contribution in [0, 0.1) is 0 Å². The molecule has 0 spiro atoms. The Balaban J connectivity index is 2.57. The van der Waals surface area contributed by atoms with Gasteiger partial charge in [0.2, 0.25) is 0 Å². The van der Waals surface area contributed by atoms with E-state index in [0.717, 1.165) is 0 Å². The molecule has 0 aromatic heterocycles. The second-order valence-corrected chi connectivity index (χ2v) is 4.95. The first kappa shape index (κ1) is 14.5. The standard InChI is InChI=1S/C14H20O4/c1-14(2,3)18-13(16)11-5-7-12(8-6-11)17-10-4-9-15/h5-8,15H,4,9-10H2,1-3H3. The maximum atomic E-state index is 11.7. The van der Waals surface area contributed by atoms with E-state index in [1.807, 2.05) is 20.8 Å². The molecule has 0 aliphatic heterocycles. The van der Waals surface area contributed by atoms with Crippen molar-refractivity contribution in [3.63, 3.8) is 0 Å². The summed E-state index contributed by atoms with van der Waals surface area (Å²) in [4.78, 5) is 11.7. The lowest BCUT2D eigenvalue weighted by Crippen LogP contribution is -2.23. The first-order valence-corrected chi connectivity index (χ1v) is 5.99. The number of carbonyl (C=O) groups excluding carboxylic acids is 1. The summed E-state index contributed by atoms with van der Waals surface area (Å²) in [5.41, 5.74) is 0.00680. The van der Waals surface area contributed by atoms with E-state index in [0.29, 0.717) is 24.3 Å². The Hall–Kier alpha value is -1.55. The Labute approximate surface area is 108 Å². The second-order valence-electron chi connectivity index (χ2n) is 4.95. The van der Waals surface area contributed by atoms with Gasteiger partial charge in [0.15, 0.2) is 0 Å². The normalized spacial score (nSPS) is 11.1. The largest absolute Gasteiger partial charge is 0.494 e. The maximum absolute atomic E-state index is 11.7. The topological polar surface area (TPSA) is 55.8 Å². The number of rotatable bonds is 5. The van der Waals surface area contributed by atoms with Gasteiger partial charge in [0.1, 0.15) is 11.4 Å². The van der Waals surface area contributed by atoms with Crippen LogP contribution >= 0.6 is 0 Å². The van der Waals surface area contributed by atoms with Gasteiger partial charge in [-0.3, -0.25) is 0 Å². The smallest absolute Gasteiger partial charge is 0.338 e. The summed E-state index contributed by atoms with van der Waals surface area (Å²) >= 11 is 0. The zero-order valence-electron chi connectivity index (χ0n) is 11.1. The number of benzene rings is 1. The molecule has 1 aromatic rings. The summed E-state index contributed by atoms with van der Waals surface area (Å²) in [5.74, 6) is 0.333. The molecule has 0 amide bonds. The van der Waals surface area contributed by atoms with Gasteiger partial charge >= 0.3 is 5.97 Å². The number of carbonyl (C=O) groups is 1. The van der Waals surface area contributed by atoms with Gasteiger partial charge in [-0.2, -0.15) is 0 Å². The van der Waals surface area contributed by atoms with Crippen LogP contribution in [0.3, 0.4) is 0 Å². The molecule has 0 heterocycles. The lowest BCUT2D eigenvalue weighted by atomic mass is 10.1. The quantitative estimate of drug-likeness (QED) is 0.646. The van der Waals surface area contributed by atoms with Crippen molar-refractivity contribution in [2.24, 2.45) is 0 Å². The predicted octanol–water partition coefficient (Wildman–Crippen LogP) is 2.40. The van der Waals surface area contributed by atoms with E-state index in [2.05, 4.69) is 0 Å². The zero-order chi connectivity index (χ0) is 13.6. The van der Waals surface area contributed by atoms with Gasteiger partial charge in [-0.05, 0) is 45.0 Å². The highest BCUT2D eigenvalue weighted by Crippen LogP contribution is 2.16. The van der Waals surface area contributed by atoms with Gasteiger partial charge < -0.3 is 14.6 Å². The summed E-state index contributed by atoms with van der Waals surface area (Å²) in [7, 11) is 0. The Kier molecular flexibility index (Phi) is 5.16. The molecule has 0 aliphatic carbocycles. The fraction of sp³-hybridized carbons (Fsp3) is 0.500. The zero-order valence-corrected chi connectivity index (χ0v) is 11.1.